The first kappa shape index (κ1) is 46.2. The number of carbonyl (C=O) groups is 1. The van der Waals surface area contributed by atoms with Gasteiger partial charge in [0.15, 0.2) is 11.6 Å². The number of hydrogen-bond acceptors (Lipinski definition) is 10. The van der Waals surface area contributed by atoms with Crippen molar-refractivity contribution in [2.45, 2.75) is 216 Å². The Labute approximate surface area is 351 Å². The van der Waals surface area contributed by atoms with E-state index in [0.29, 0.717) is 32.2 Å². The number of ether oxygens (including phenoxy) is 3. The predicted molar refractivity (Wildman–Crippen MR) is 224 cm³/mol. The Morgan fingerprint density at radius 2 is 1.72 bits per heavy atom. The number of aliphatic hydroxyl groups is 1. The molecule has 0 unspecified atom stereocenters. The van der Waals surface area contributed by atoms with Crippen molar-refractivity contribution in [3.8, 4) is 0 Å². The van der Waals surface area contributed by atoms with E-state index in [-0.39, 0.29) is 48.6 Å². The van der Waals surface area contributed by atoms with Crippen LogP contribution in [0.2, 0.25) is 0 Å². The van der Waals surface area contributed by atoms with Crippen molar-refractivity contribution >= 4 is 17.8 Å². The molecule has 0 bridgehead atoms. The lowest BCUT2D eigenvalue weighted by atomic mass is 9.80. The molecule has 0 aliphatic carbocycles. The summed E-state index contributed by atoms with van der Waals surface area (Å²) in [5.74, 6) is 1.77. The van der Waals surface area contributed by atoms with Crippen molar-refractivity contribution in [1.29, 1.82) is 0 Å². The number of allylic oxidation sites excluding steroid dienone is 1. The zero-order valence-electron chi connectivity index (χ0n) is 35.7. The number of aliphatic imine (C=N–C) groups is 1. The van der Waals surface area contributed by atoms with E-state index in [9.17, 15) is 9.90 Å². The van der Waals surface area contributed by atoms with Crippen molar-refractivity contribution < 1.29 is 41.1 Å². The highest BCUT2D eigenvalue weighted by molar-refractivity contribution is 5.83. The Morgan fingerprint density at radius 1 is 1.00 bits per heavy atom. The van der Waals surface area contributed by atoms with Gasteiger partial charge in [-0.2, -0.15) is 0 Å². The second-order valence-electron chi connectivity index (χ2n) is 18.1. The van der Waals surface area contributed by atoms with E-state index in [1.54, 1.807) is 0 Å². The highest BCUT2D eigenvalue weighted by atomic mass is 35.5. The number of guanidine groups is 1. The number of unbranched alkanes of at least 4 members (excludes halogenated alkanes) is 12. The van der Waals surface area contributed by atoms with Crippen molar-refractivity contribution in [3.63, 3.8) is 0 Å². The molecular weight excluding hydrogens is 740 g/mol. The number of β-amino-alcohol motifs (C(OH)–C–C–N with tert-alkyl or cyclic N) is 1. The fourth-order valence-corrected chi connectivity index (χ4v) is 10.7. The maximum Gasteiger partial charge on any atom is 0.350 e. The normalized spacial score (nSPS) is 31.3. The Morgan fingerprint density at radius 3 is 2.42 bits per heavy atom. The van der Waals surface area contributed by atoms with Gasteiger partial charge in [0.05, 0.1) is 42.8 Å². The summed E-state index contributed by atoms with van der Waals surface area (Å²) in [6.45, 7) is 7.99. The molecule has 0 aromatic heterocycles. The van der Waals surface area contributed by atoms with Gasteiger partial charge in [-0.15, -0.1) is 0 Å². The molecule has 57 heavy (non-hydrogen) atoms. The van der Waals surface area contributed by atoms with Gasteiger partial charge in [-0.05, 0) is 77.7 Å². The summed E-state index contributed by atoms with van der Waals surface area (Å²) in [6, 6.07) is 0.415. The highest BCUT2D eigenvalue weighted by Gasteiger charge is 2.64. The number of amidine groups is 1. The molecule has 8 atom stereocenters. The van der Waals surface area contributed by atoms with Gasteiger partial charge < -0.3 is 42.4 Å². The van der Waals surface area contributed by atoms with Crippen LogP contribution < -0.4 is 28.8 Å². The van der Waals surface area contributed by atoms with Crippen molar-refractivity contribution in [2.24, 2.45) is 16.6 Å². The molecule has 6 aliphatic heterocycles. The fourth-order valence-electron chi connectivity index (χ4n) is 10.7. The summed E-state index contributed by atoms with van der Waals surface area (Å²) < 4.78 is 22.2. The minimum atomic E-state index is -0.748. The molecule has 12 heteroatoms. The van der Waals surface area contributed by atoms with Crippen molar-refractivity contribution in [3.05, 3.63) is 12.2 Å². The van der Waals surface area contributed by atoms with Crippen LogP contribution in [0.3, 0.4) is 0 Å². The fraction of sp³-hybridized carbons (Fsp3) is 0.889. The molecule has 2 fully saturated rings. The Balaban J connectivity index is 0.00000620. The summed E-state index contributed by atoms with van der Waals surface area (Å²) in [6.07, 6.45) is 32.2. The molecule has 0 aromatic rings. The molecule has 6 aliphatic rings. The third kappa shape index (κ3) is 12.6. The van der Waals surface area contributed by atoms with Gasteiger partial charge in [-0.3, -0.25) is 14.4 Å². The van der Waals surface area contributed by atoms with Crippen molar-refractivity contribution in [1.82, 2.24) is 15.5 Å². The van der Waals surface area contributed by atoms with Crippen LogP contribution in [0.4, 0.5) is 0 Å². The highest BCUT2D eigenvalue weighted by Crippen LogP contribution is 2.45. The average Bonchev–Trinajstić information content (AvgIpc) is 3.49. The number of aliphatic hydroxyl groups excluding tert-OH is 1. The predicted octanol–water partition coefficient (Wildman–Crippen LogP) is 4.05. The first-order valence-electron chi connectivity index (χ1n) is 23.4. The number of rotatable bonds is 22. The minimum absolute atomic E-state index is 0. The van der Waals surface area contributed by atoms with Crippen molar-refractivity contribution in [2.75, 3.05) is 32.8 Å². The molecule has 2 saturated heterocycles. The van der Waals surface area contributed by atoms with Gasteiger partial charge in [-0.1, -0.05) is 89.7 Å². The number of esters is 1. The van der Waals surface area contributed by atoms with E-state index in [4.69, 9.17) is 24.9 Å². The molecule has 5 N–H and O–H groups in total. The lowest BCUT2D eigenvalue weighted by Gasteiger charge is -2.50. The monoisotopic (exact) mass is 819 g/mol. The lowest BCUT2D eigenvalue weighted by Crippen LogP contribution is -3.00. The van der Waals surface area contributed by atoms with Crippen LogP contribution in [0, 0.1) is 5.92 Å². The first-order valence-corrected chi connectivity index (χ1v) is 23.4. The number of carbonyl (C=O) groups excluding carboxylic acids is 1. The second kappa shape index (κ2) is 23.2. The molecule has 11 nitrogen and oxygen atoms in total. The van der Waals surface area contributed by atoms with Crippen LogP contribution >= 0.6 is 0 Å². The third-order valence-corrected chi connectivity index (χ3v) is 13.6. The number of nitrogens with two attached hydrogens (primary N) is 1. The molecule has 326 valence electrons. The lowest BCUT2D eigenvalue weighted by molar-refractivity contribution is -0.609. The first-order chi connectivity index (χ1) is 27.4. The second-order valence-corrected chi connectivity index (χ2v) is 18.1. The molecule has 0 radical (unpaired) electrons. The van der Waals surface area contributed by atoms with Crippen LogP contribution in [0.1, 0.15) is 174 Å². The zero-order valence-corrected chi connectivity index (χ0v) is 36.5. The Hall–Kier alpha value is -1.92. The Bertz CT molecular complexity index is 1330. The van der Waals surface area contributed by atoms with Crippen LogP contribution in [-0.2, 0) is 19.0 Å². The summed E-state index contributed by atoms with van der Waals surface area (Å²) >= 11 is 0. The number of nitrogens with zero attached hydrogens (tertiary/aromatic N) is 3. The largest absolute Gasteiger partial charge is 1.00 e. The molecular formula is C45H79ClN6O5. The third-order valence-electron chi connectivity index (χ3n) is 13.6. The van der Waals surface area contributed by atoms with Crippen LogP contribution in [-0.4, -0.2) is 107 Å². The van der Waals surface area contributed by atoms with Gasteiger partial charge in [0.2, 0.25) is 5.72 Å². The van der Waals surface area contributed by atoms with E-state index < -0.39 is 11.4 Å². The maximum absolute atomic E-state index is 14.1. The quantitative estimate of drug-likeness (QED) is 0.0553. The maximum atomic E-state index is 14.1. The van der Waals surface area contributed by atoms with E-state index in [2.05, 4.69) is 46.1 Å². The number of halogens is 1. The standard InChI is InChI=1S/C45H78N6O5.ClH/c1-3-38-22-16-17-27-44(56-38)33-36-24-25-39-41(45(28-19-21-35(2)55-45)49-43(48-44)51(36)39)42(53)54-32-18-14-12-10-8-6-4-5-7-9-11-13-15-23-40-47-30-20-31-50(40)34-37(52)26-29-46;/h16,22,35-39,41,52H,3-15,17-21,23-34,46H2,1-2H3,(H,48,49);1H/t35-,36+,37+,38+,39-,41-,44+,45-;/m1./s1. The SMILES string of the molecule is CC[C@H]1C=CCC[C@@]2(C[C@@H]3CC[C@@H]4[C@H](C(=O)OCCCCCCCCCCCCCCCC5=NCCCN5C[C@@H](O)CCN)[C@]5(CCC[C@@H](C)O5)NC(=[N+]34)N2)O1.[Cl-]. The molecule has 6 rings (SSSR count). The Kier molecular flexibility index (Phi) is 18.8. The summed E-state index contributed by atoms with van der Waals surface area (Å²) in [5, 5.41) is 17.9. The molecule has 2 spiro atoms. The number of hydrogen-bond donors (Lipinski definition) is 4. The molecule has 0 aromatic carbocycles. The molecule has 0 amide bonds. The molecule has 0 saturated carbocycles. The summed E-state index contributed by atoms with van der Waals surface area (Å²) in [7, 11) is 0. The van der Waals surface area contributed by atoms with E-state index in [1.807, 2.05) is 0 Å². The smallest absolute Gasteiger partial charge is 0.350 e. The summed E-state index contributed by atoms with van der Waals surface area (Å²) in [5.41, 5.74) is 4.47. The summed E-state index contributed by atoms with van der Waals surface area (Å²) in [4.78, 5) is 21.1. The van der Waals surface area contributed by atoms with Gasteiger partial charge in [-0.25, -0.2) is 10.6 Å². The topological polar surface area (TPSA) is 134 Å². The van der Waals surface area contributed by atoms with Crippen LogP contribution in [0.15, 0.2) is 17.1 Å². The van der Waals surface area contributed by atoms with Gasteiger partial charge in [0.25, 0.3) is 0 Å². The van der Waals surface area contributed by atoms with Crippen LogP contribution in [0.25, 0.3) is 0 Å². The van der Waals surface area contributed by atoms with E-state index in [0.717, 1.165) is 103 Å². The molecule has 6 heterocycles. The average molecular weight is 820 g/mol. The zero-order chi connectivity index (χ0) is 39.2. The van der Waals surface area contributed by atoms with Gasteiger partial charge in [0.1, 0.15) is 0 Å². The van der Waals surface area contributed by atoms with E-state index in [1.165, 1.54) is 76.5 Å². The minimum Gasteiger partial charge on any atom is -1.00 e. The van der Waals surface area contributed by atoms with Gasteiger partial charge in [0, 0.05) is 45.3 Å². The number of nitrogens with one attached hydrogen (secondary N) is 2. The van der Waals surface area contributed by atoms with E-state index >= 15 is 0 Å². The van der Waals surface area contributed by atoms with Gasteiger partial charge >= 0.3 is 11.9 Å². The van der Waals surface area contributed by atoms with Crippen LogP contribution in [0.5, 0.6) is 0 Å².